The second-order valence-electron chi connectivity index (χ2n) is 4.50. The zero-order chi connectivity index (χ0) is 12.7. The van der Waals surface area contributed by atoms with E-state index in [1.54, 1.807) is 17.8 Å². The van der Waals surface area contributed by atoms with Gasteiger partial charge in [-0.05, 0) is 43.2 Å². The standard InChI is InChI=1S/C14H22FNS/c1-3-4-5-8-17-14-7-6-12(9-11(2)16)10-13(14)15/h6-7,10-11H,3-5,8-9,16H2,1-2H3. The zero-order valence-electron chi connectivity index (χ0n) is 10.7. The van der Waals surface area contributed by atoms with Crippen molar-refractivity contribution < 1.29 is 4.39 Å². The van der Waals surface area contributed by atoms with Gasteiger partial charge in [-0.25, -0.2) is 4.39 Å². The van der Waals surface area contributed by atoms with E-state index in [1.165, 1.54) is 12.8 Å². The van der Waals surface area contributed by atoms with Crippen molar-refractivity contribution in [2.45, 2.75) is 50.5 Å². The van der Waals surface area contributed by atoms with Gasteiger partial charge in [-0.2, -0.15) is 0 Å². The van der Waals surface area contributed by atoms with Gasteiger partial charge in [0.1, 0.15) is 5.82 Å². The molecule has 0 saturated carbocycles. The van der Waals surface area contributed by atoms with Gasteiger partial charge in [0.25, 0.3) is 0 Å². The first-order chi connectivity index (χ1) is 8.13. The molecule has 1 aromatic carbocycles. The molecule has 0 aliphatic carbocycles. The Bertz CT molecular complexity index is 339. The van der Waals surface area contributed by atoms with Gasteiger partial charge in [0.2, 0.25) is 0 Å². The number of hydrogen-bond donors (Lipinski definition) is 1. The summed E-state index contributed by atoms with van der Waals surface area (Å²) in [6, 6.07) is 5.56. The van der Waals surface area contributed by atoms with Crippen LogP contribution in [0.3, 0.4) is 0 Å². The Morgan fingerprint density at radius 3 is 2.71 bits per heavy atom. The maximum absolute atomic E-state index is 13.7. The van der Waals surface area contributed by atoms with Crippen LogP contribution in [0.5, 0.6) is 0 Å². The van der Waals surface area contributed by atoms with Crippen LogP contribution in [0.25, 0.3) is 0 Å². The topological polar surface area (TPSA) is 26.0 Å². The predicted octanol–water partition coefficient (Wildman–Crippen LogP) is 4.00. The van der Waals surface area contributed by atoms with Crippen LogP contribution >= 0.6 is 11.8 Å². The largest absolute Gasteiger partial charge is 0.328 e. The lowest BCUT2D eigenvalue weighted by Crippen LogP contribution is -2.17. The molecule has 0 aliphatic heterocycles. The summed E-state index contributed by atoms with van der Waals surface area (Å²) in [6.45, 7) is 4.11. The minimum absolute atomic E-state index is 0.0810. The molecule has 17 heavy (non-hydrogen) atoms. The monoisotopic (exact) mass is 255 g/mol. The third-order valence-corrected chi connectivity index (χ3v) is 3.69. The molecule has 0 saturated heterocycles. The van der Waals surface area contributed by atoms with Gasteiger partial charge in [0, 0.05) is 10.9 Å². The Balaban J connectivity index is 2.51. The van der Waals surface area contributed by atoms with Crippen LogP contribution in [-0.4, -0.2) is 11.8 Å². The predicted molar refractivity (Wildman–Crippen MR) is 74.0 cm³/mol. The number of benzene rings is 1. The normalized spacial score (nSPS) is 12.7. The average Bonchev–Trinajstić information content (AvgIpc) is 2.26. The van der Waals surface area contributed by atoms with E-state index in [-0.39, 0.29) is 11.9 Å². The molecular formula is C14H22FNS. The number of rotatable bonds is 7. The highest BCUT2D eigenvalue weighted by Crippen LogP contribution is 2.24. The number of hydrogen-bond acceptors (Lipinski definition) is 2. The number of nitrogens with two attached hydrogens (primary N) is 1. The molecule has 1 rings (SSSR count). The summed E-state index contributed by atoms with van der Waals surface area (Å²) in [7, 11) is 0. The summed E-state index contributed by atoms with van der Waals surface area (Å²) < 4.78 is 13.7. The highest BCUT2D eigenvalue weighted by molar-refractivity contribution is 7.99. The Hall–Kier alpha value is -0.540. The molecule has 0 amide bonds. The maximum Gasteiger partial charge on any atom is 0.137 e. The Labute approximate surface area is 108 Å². The minimum Gasteiger partial charge on any atom is -0.328 e. The fourth-order valence-corrected chi connectivity index (χ4v) is 2.62. The third-order valence-electron chi connectivity index (χ3n) is 2.56. The number of halogens is 1. The van der Waals surface area contributed by atoms with E-state index in [1.807, 2.05) is 19.1 Å². The molecule has 1 nitrogen and oxygen atoms in total. The molecular weight excluding hydrogens is 233 g/mol. The van der Waals surface area contributed by atoms with Crippen molar-refractivity contribution in [2.24, 2.45) is 5.73 Å². The molecule has 0 aromatic heterocycles. The number of unbranched alkanes of at least 4 members (excludes halogenated alkanes) is 2. The smallest absolute Gasteiger partial charge is 0.137 e. The first-order valence-corrected chi connectivity index (χ1v) is 7.29. The third kappa shape index (κ3) is 5.55. The van der Waals surface area contributed by atoms with Crippen molar-refractivity contribution in [1.82, 2.24) is 0 Å². The number of thioether (sulfide) groups is 1. The van der Waals surface area contributed by atoms with Crippen molar-refractivity contribution in [1.29, 1.82) is 0 Å². The van der Waals surface area contributed by atoms with E-state index in [2.05, 4.69) is 6.92 Å². The molecule has 0 bridgehead atoms. The lowest BCUT2D eigenvalue weighted by molar-refractivity contribution is 0.597. The van der Waals surface area contributed by atoms with Crippen LogP contribution in [0.2, 0.25) is 0 Å². The van der Waals surface area contributed by atoms with Crippen molar-refractivity contribution in [3.63, 3.8) is 0 Å². The first-order valence-electron chi connectivity index (χ1n) is 6.30. The van der Waals surface area contributed by atoms with Crippen molar-refractivity contribution in [3.05, 3.63) is 29.6 Å². The van der Waals surface area contributed by atoms with E-state index >= 15 is 0 Å². The van der Waals surface area contributed by atoms with Gasteiger partial charge in [-0.3, -0.25) is 0 Å². The van der Waals surface area contributed by atoms with Crippen LogP contribution in [0.15, 0.2) is 23.1 Å². The van der Waals surface area contributed by atoms with E-state index in [9.17, 15) is 4.39 Å². The van der Waals surface area contributed by atoms with Crippen LogP contribution in [0.4, 0.5) is 4.39 Å². The summed E-state index contributed by atoms with van der Waals surface area (Å²) in [6.07, 6.45) is 4.31. The van der Waals surface area contributed by atoms with Crippen molar-refractivity contribution in [2.75, 3.05) is 5.75 Å². The lowest BCUT2D eigenvalue weighted by Gasteiger charge is -2.08. The second-order valence-corrected chi connectivity index (χ2v) is 5.64. The quantitative estimate of drug-likeness (QED) is 0.589. The molecule has 2 N–H and O–H groups in total. The van der Waals surface area contributed by atoms with Crippen molar-refractivity contribution in [3.8, 4) is 0 Å². The molecule has 1 unspecified atom stereocenters. The van der Waals surface area contributed by atoms with E-state index < -0.39 is 0 Å². The highest BCUT2D eigenvalue weighted by atomic mass is 32.2. The Morgan fingerprint density at radius 1 is 1.35 bits per heavy atom. The van der Waals surface area contributed by atoms with Gasteiger partial charge < -0.3 is 5.73 Å². The SMILES string of the molecule is CCCCCSc1ccc(CC(C)N)cc1F. The van der Waals surface area contributed by atoms with Gasteiger partial charge in [-0.15, -0.1) is 11.8 Å². The van der Waals surface area contributed by atoms with Gasteiger partial charge in [-0.1, -0.05) is 25.8 Å². The molecule has 1 aromatic rings. The van der Waals surface area contributed by atoms with Gasteiger partial charge >= 0.3 is 0 Å². The Morgan fingerprint density at radius 2 is 2.12 bits per heavy atom. The van der Waals surface area contributed by atoms with Crippen molar-refractivity contribution >= 4 is 11.8 Å². The molecule has 0 fully saturated rings. The van der Waals surface area contributed by atoms with Crippen LogP contribution in [0.1, 0.15) is 38.7 Å². The van der Waals surface area contributed by atoms with E-state index in [4.69, 9.17) is 5.73 Å². The molecule has 0 heterocycles. The van der Waals surface area contributed by atoms with E-state index in [0.29, 0.717) is 0 Å². The maximum atomic E-state index is 13.7. The molecule has 0 spiro atoms. The average molecular weight is 255 g/mol. The fraction of sp³-hybridized carbons (Fsp3) is 0.571. The summed E-state index contributed by atoms with van der Waals surface area (Å²) in [4.78, 5) is 0.759. The summed E-state index contributed by atoms with van der Waals surface area (Å²) in [5.41, 5.74) is 6.68. The van der Waals surface area contributed by atoms with Gasteiger partial charge in [0.15, 0.2) is 0 Å². The van der Waals surface area contributed by atoms with Crippen LogP contribution in [0, 0.1) is 5.82 Å². The molecule has 3 heteroatoms. The van der Waals surface area contributed by atoms with Crippen LogP contribution in [-0.2, 0) is 6.42 Å². The summed E-state index contributed by atoms with van der Waals surface area (Å²) in [5.74, 6) is 0.891. The lowest BCUT2D eigenvalue weighted by atomic mass is 10.1. The molecule has 0 radical (unpaired) electrons. The fourth-order valence-electron chi connectivity index (χ4n) is 1.69. The molecule has 1 atom stereocenters. The van der Waals surface area contributed by atoms with Gasteiger partial charge in [0.05, 0.1) is 0 Å². The molecule has 0 aliphatic rings. The summed E-state index contributed by atoms with van der Waals surface area (Å²) in [5, 5.41) is 0. The zero-order valence-corrected chi connectivity index (χ0v) is 11.5. The first kappa shape index (κ1) is 14.5. The van der Waals surface area contributed by atoms with Crippen LogP contribution < -0.4 is 5.73 Å². The Kier molecular flexibility index (Phi) is 6.60. The molecule has 96 valence electrons. The second kappa shape index (κ2) is 7.72. The van der Waals surface area contributed by atoms with E-state index in [0.717, 1.165) is 29.1 Å². The minimum atomic E-state index is -0.107. The summed E-state index contributed by atoms with van der Waals surface area (Å²) >= 11 is 1.61. The highest BCUT2D eigenvalue weighted by Gasteiger charge is 2.05.